The third-order valence-corrected chi connectivity index (χ3v) is 7.98. The summed E-state index contributed by atoms with van der Waals surface area (Å²) in [5.74, 6) is -6.52. The van der Waals surface area contributed by atoms with Crippen molar-refractivity contribution < 1.29 is 32.7 Å². The zero-order valence-corrected chi connectivity index (χ0v) is 23.8. The number of aliphatic hydroxyl groups is 1. The van der Waals surface area contributed by atoms with E-state index in [2.05, 4.69) is 15.3 Å². The Balaban J connectivity index is 1.61. The van der Waals surface area contributed by atoms with E-state index in [0.717, 1.165) is 21.9 Å². The first-order valence-corrected chi connectivity index (χ1v) is 14.1. The lowest BCUT2D eigenvalue weighted by Crippen LogP contribution is -2.53. The first-order valence-electron chi connectivity index (χ1n) is 13.7. The normalized spacial score (nSPS) is 20.5. The lowest BCUT2D eigenvalue weighted by molar-refractivity contribution is -0.128. The number of nitrogens with one attached hydrogen (secondary N) is 1. The molecule has 2 aliphatic rings. The van der Waals surface area contributed by atoms with Gasteiger partial charge in [0.15, 0.2) is 0 Å². The minimum atomic E-state index is -2.85. The SMILES string of the molecule is N#Cc1ccnc(N2C(=O)[C@@H](O)C[C@H]2C(=O)N(c2cccc(F)c2)[C@H](C(=O)NC2CCC(F)(F)CC2)c2ccccc2Cl)n1. The Kier molecular flexibility index (Phi) is 8.85. The van der Waals surface area contributed by atoms with Crippen LogP contribution in [0.15, 0.2) is 60.8 Å². The molecule has 3 amide bonds. The highest BCUT2D eigenvalue weighted by Gasteiger charge is 2.49. The number of aliphatic hydroxyl groups excluding tert-OH is 1. The quantitative estimate of drug-likeness (QED) is 0.403. The van der Waals surface area contributed by atoms with Crippen LogP contribution in [0.3, 0.4) is 0 Å². The Morgan fingerprint density at radius 2 is 1.89 bits per heavy atom. The Labute approximate surface area is 255 Å². The van der Waals surface area contributed by atoms with Gasteiger partial charge in [-0.2, -0.15) is 5.26 Å². The number of hydrogen-bond donors (Lipinski definition) is 2. The van der Waals surface area contributed by atoms with Crippen LogP contribution in [0.25, 0.3) is 0 Å². The monoisotopic (exact) mass is 626 g/mol. The molecule has 0 bridgehead atoms. The second-order valence-corrected chi connectivity index (χ2v) is 11.0. The molecule has 2 fully saturated rings. The Morgan fingerprint density at radius 3 is 2.57 bits per heavy atom. The van der Waals surface area contributed by atoms with Crippen LogP contribution >= 0.6 is 11.6 Å². The average molecular weight is 627 g/mol. The molecular weight excluding hydrogens is 601 g/mol. The zero-order chi connectivity index (χ0) is 31.6. The predicted molar refractivity (Wildman–Crippen MR) is 152 cm³/mol. The highest BCUT2D eigenvalue weighted by atomic mass is 35.5. The van der Waals surface area contributed by atoms with Crippen LogP contribution in [0.5, 0.6) is 0 Å². The van der Waals surface area contributed by atoms with Crippen LogP contribution < -0.4 is 15.1 Å². The van der Waals surface area contributed by atoms with Gasteiger partial charge in [0.05, 0.1) is 0 Å². The van der Waals surface area contributed by atoms with Crippen LogP contribution in [0, 0.1) is 17.1 Å². The number of anilines is 2. The molecular formula is C30H26ClF3N6O4. The van der Waals surface area contributed by atoms with Crippen LogP contribution in [0.4, 0.5) is 24.8 Å². The number of hydrogen-bond acceptors (Lipinski definition) is 7. The number of rotatable bonds is 7. The molecule has 44 heavy (non-hydrogen) atoms. The second-order valence-electron chi connectivity index (χ2n) is 10.6. The summed E-state index contributed by atoms with van der Waals surface area (Å²) >= 11 is 6.53. The van der Waals surface area contributed by atoms with Gasteiger partial charge in [0.25, 0.3) is 11.8 Å². The van der Waals surface area contributed by atoms with Gasteiger partial charge in [-0.25, -0.2) is 23.1 Å². The largest absolute Gasteiger partial charge is 0.383 e. The number of halogens is 4. The molecule has 0 spiro atoms. The van der Waals surface area contributed by atoms with Gasteiger partial charge < -0.3 is 10.4 Å². The fraction of sp³-hybridized carbons (Fsp3) is 0.333. The zero-order valence-electron chi connectivity index (χ0n) is 23.0. The van der Waals surface area contributed by atoms with E-state index in [0.29, 0.717) is 0 Å². The van der Waals surface area contributed by atoms with E-state index in [9.17, 15) is 37.9 Å². The molecule has 1 aromatic heterocycles. The fourth-order valence-electron chi connectivity index (χ4n) is 5.46. The molecule has 3 atom stereocenters. The van der Waals surface area contributed by atoms with Crippen molar-refractivity contribution in [2.24, 2.45) is 0 Å². The molecule has 1 aliphatic heterocycles. The van der Waals surface area contributed by atoms with Crippen molar-refractivity contribution in [1.29, 1.82) is 5.26 Å². The topological polar surface area (TPSA) is 140 Å². The summed E-state index contributed by atoms with van der Waals surface area (Å²) in [7, 11) is 0. The smallest absolute Gasteiger partial charge is 0.259 e. The van der Waals surface area contributed by atoms with Gasteiger partial charge in [0, 0.05) is 47.8 Å². The molecule has 0 radical (unpaired) electrons. The lowest BCUT2D eigenvalue weighted by atomic mass is 9.91. The number of benzene rings is 2. The first kappa shape index (κ1) is 30.9. The second kappa shape index (κ2) is 12.6. The highest BCUT2D eigenvalue weighted by molar-refractivity contribution is 6.31. The molecule has 1 saturated heterocycles. The van der Waals surface area contributed by atoms with Gasteiger partial charge in [-0.1, -0.05) is 35.9 Å². The molecule has 2 aromatic carbocycles. The minimum Gasteiger partial charge on any atom is -0.383 e. The highest BCUT2D eigenvalue weighted by Crippen LogP contribution is 2.37. The molecule has 14 heteroatoms. The van der Waals surface area contributed by atoms with Gasteiger partial charge in [0.2, 0.25) is 17.8 Å². The Hall–Kier alpha value is -4.54. The average Bonchev–Trinajstić information content (AvgIpc) is 3.30. The molecule has 0 unspecified atom stereocenters. The third-order valence-electron chi connectivity index (χ3n) is 7.63. The molecule has 3 aromatic rings. The molecule has 10 nitrogen and oxygen atoms in total. The number of amides is 3. The summed E-state index contributed by atoms with van der Waals surface area (Å²) in [4.78, 5) is 51.5. The summed E-state index contributed by atoms with van der Waals surface area (Å²) in [5.41, 5.74) is -0.0425. The molecule has 228 valence electrons. The van der Waals surface area contributed by atoms with Crippen molar-refractivity contribution in [2.45, 2.75) is 62.3 Å². The maximum absolute atomic E-state index is 14.6. The van der Waals surface area contributed by atoms with Gasteiger partial charge in [-0.05, 0) is 43.2 Å². The van der Waals surface area contributed by atoms with Gasteiger partial charge in [0.1, 0.15) is 35.8 Å². The van der Waals surface area contributed by atoms with E-state index in [1.54, 1.807) is 12.1 Å². The van der Waals surface area contributed by atoms with E-state index < -0.39 is 73.0 Å². The summed E-state index contributed by atoms with van der Waals surface area (Å²) < 4.78 is 42.3. The van der Waals surface area contributed by atoms with Gasteiger partial charge in [-0.3, -0.25) is 24.2 Å². The molecule has 2 heterocycles. The van der Waals surface area contributed by atoms with Crippen molar-refractivity contribution in [3.05, 3.63) is 82.9 Å². The maximum Gasteiger partial charge on any atom is 0.259 e. The number of aromatic nitrogens is 2. The van der Waals surface area contributed by atoms with Crippen molar-refractivity contribution >= 4 is 41.0 Å². The fourth-order valence-corrected chi connectivity index (χ4v) is 5.70. The minimum absolute atomic E-state index is 0.00837. The van der Waals surface area contributed by atoms with E-state index in [1.807, 2.05) is 6.07 Å². The van der Waals surface area contributed by atoms with Crippen molar-refractivity contribution in [1.82, 2.24) is 15.3 Å². The van der Waals surface area contributed by atoms with Crippen molar-refractivity contribution in [3.8, 4) is 6.07 Å². The molecule has 1 saturated carbocycles. The number of carbonyl (C=O) groups excluding carboxylic acids is 3. The van der Waals surface area contributed by atoms with Gasteiger partial charge in [-0.15, -0.1) is 0 Å². The lowest BCUT2D eigenvalue weighted by Gasteiger charge is -2.36. The molecule has 2 N–H and O–H groups in total. The van der Waals surface area contributed by atoms with E-state index in [4.69, 9.17) is 11.6 Å². The van der Waals surface area contributed by atoms with E-state index in [1.165, 1.54) is 36.5 Å². The number of carbonyl (C=O) groups is 3. The number of nitriles is 1. The van der Waals surface area contributed by atoms with E-state index >= 15 is 0 Å². The summed E-state index contributed by atoms with van der Waals surface area (Å²) in [5, 5.41) is 22.7. The van der Waals surface area contributed by atoms with Crippen LogP contribution in [-0.4, -0.2) is 56.9 Å². The van der Waals surface area contributed by atoms with Crippen LogP contribution in [-0.2, 0) is 14.4 Å². The van der Waals surface area contributed by atoms with Crippen LogP contribution in [0.2, 0.25) is 5.02 Å². The van der Waals surface area contributed by atoms with Crippen LogP contribution in [0.1, 0.15) is 49.4 Å². The third kappa shape index (κ3) is 6.36. The Bertz CT molecular complexity index is 1630. The van der Waals surface area contributed by atoms with Crippen molar-refractivity contribution in [2.75, 3.05) is 9.80 Å². The Morgan fingerprint density at radius 1 is 1.16 bits per heavy atom. The van der Waals surface area contributed by atoms with Crippen molar-refractivity contribution in [3.63, 3.8) is 0 Å². The summed E-state index contributed by atoms with van der Waals surface area (Å²) in [6.45, 7) is 0. The summed E-state index contributed by atoms with van der Waals surface area (Å²) in [6.07, 6.45) is -1.75. The first-order chi connectivity index (χ1) is 21.0. The molecule has 1 aliphatic carbocycles. The predicted octanol–water partition coefficient (Wildman–Crippen LogP) is 4.08. The number of alkyl halides is 2. The van der Waals surface area contributed by atoms with E-state index in [-0.39, 0.29) is 40.8 Å². The summed E-state index contributed by atoms with van der Waals surface area (Å²) in [6, 6.07) is 10.4. The van der Waals surface area contributed by atoms with Gasteiger partial charge >= 0.3 is 0 Å². The molecule has 5 rings (SSSR count). The maximum atomic E-state index is 14.6. The standard InChI is InChI=1S/C30H26ClF3N6O4/c31-22-7-2-1-6-21(22)25(26(42)37-18-8-11-30(33,34)12-9-18)39(20-5-3-4-17(32)14-20)27(43)23-15-24(41)28(44)40(23)29-36-13-10-19(16-35)38-29/h1-7,10,13-14,18,23-25,41H,8-9,11-12,15H2,(H,37,42)/t23-,24-,25-/m0/s1. The number of nitrogens with zero attached hydrogens (tertiary/aromatic N) is 5.